The summed E-state index contributed by atoms with van der Waals surface area (Å²) >= 11 is 0. The molecule has 3 amide bonds. The number of alkyl halides is 3. The maximum atomic E-state index is 15.1. The van der Waals surface area contributed by atoms with Gasteiger partial charge in [0.2, 0.25) is 5.91 Å². The molecule has 0 saturated carbocycles. The number of rotatable bonds is 16. The molecule has 0 spiro atoms. The number of allylic oxidation sites excluding steroid dienone is 1. The fourth-order valence-corrected chi connectivity index (χ4v) is 6.28. The fourth-order valence-electron chi connectivity index (χ4n) is 6.28. The van der Waals surface area contributed by atoms with E-state index in [1.807, 2.05) is 0 Å². The van der Waals surface area contributed by atoms with E-state index in [0.29, 0.717) is 11.3 Å². The molecule has 0 aromatic heterocycles. The normalized spacial score (nSPS) is 17.2. The van der Waals surface area contributed by atoms with Crippen LogP contribution in [0.1, 0.15) is 38.8 Å². The zero-order valence-electron chi connectivity index (χ0n) is 29.9. The molecule has 1 aliphatic heterocycles. The van der Waals surface area contributed by atoms with Crippen molar-refractivity contribution in [1.82, 2.24) is 15.1 Å². The summed E-state index contributed by atoms with van der Waals surface area (Å²) in [6.07, 6.45) is -5.78. The summed E-state index contributed by atoms with van der Waals surface area (Å²) in [4.78, 5) is 71.8. The number of Topliss-reactive ketones (excluding diaryl/α,β-unsaturated/α-hetero) is 2. The zero-order valence-corrected chi connectivity index (χ0v) is 29.9. The highest BCUT2D eigenvalue weighted by Gasteiger charge is 2.61. The largest absolute Gasteiger partial charge is 0.493 e. The minimum absolute atomic E-state index is 0.00111. The van der Waals surface area contributed by atoms with Crippen LogP contribution in [0, 0.1) is 11.8 Å². The number of amides is 3. The predicted octanol–water partition coefficient (Wildman–Crippen LogP) is 3.81. The molecule has 1 aliphatic rings. The second-order valence-corrected chi connectivity index (χ2v) is 12.5. The molecule has 1 N–H and O–H groups in total. The Morgan fingerprint density at radius 2 is 1.47 bits per heavy atom. The standard InChI is InChI=1S/C36H44F3N3O9/c1-21(2)31-32(24-14-15-26(50-7)27(17-24)51-8)41(34(47)35(22(3)4,28(43)19-48-5)42(31)30(45)20-49-6)18-29(44)40-25(33(46)36(37,38)39)16-23-12-10-9-11-13-23/h9-15,17,21-22,25H,16,18-20H2,1-8H3,(H,40,44). The van der Waals surface area contributed by atoms with Crippen LogP contribution in [0.3, 0.4) is 0 Å². The molecular formula is C36H44F3N3O9. The van der Waals surface area contributed by atoms with Crippen LogP contribution in [0.25, 0.3) is 5.70 Å². The van der Waals surface area contributed by atoms with Crippen molar-refractivity contribution in [3.63, 3.8) is 0 Å². The first-order chi connectivity index (χ1) is 24.0. The van der Waals surface area contributed by atoms with Crippen molar-refractivity contribution in [2.75, 3.05) is 48.2 Å². The summed E-state index contributed by atoms with van der Waals surface area (Å²) in [7, 11) is 5.30. The van der Waals surface area contributed by atoms with Crippen molar-refractivity contribution in [3.05, 3.63) is 65.4 Å². The van der Waals surface area contributed by atoms with Crippen LogP contribution >= 0.6 is 0 Å². The van der Waals surface area contributed by atoms with Gasteiger partial charge in [-0.2, -0.15) is 13.2 Å². The number of methoxy groups -OCH3 is 4. The van der Waals surface area contributed by atoms with Gasteiger partial charge in [-0.1, -0.05) is 58.0 Å². The second kappa shape index (κ2) is 17.0. The number of benzene rings is 2. The number of hydrogen-bond acceptors (Lipinski definition) is 9. The predicted molar refractivity (Wildman–Crippen MR) is 179 cm³/mol. The molecule has 1 heterocycles. The maximum Gasteiger partial charge on any atom is 0.452 e. The molecule has 2 unspecified atom stereocenters. The third-order valence-electron chi connectivity index (χ3n) is 8.45. The summed E-state index contributed by atoms with van der Waals surface area (Å²) in [5.41, 5.74) is -1.55. The molecule has 2 aromatic carbocycles. The lowest BCUT2D eigenvalue weighted by molar-refractivity contribution is -0.173. The molecule has 2 atom stereocenters. The van der Waals surface area contributed by atoms with Gasteiger partial charge in [-0.15, -0.1) is 0 Å². The van der Waals surface area contributed by atoms with Crippen molar-refractivity contribution in [1.29, 1.82) is 0 Å². The van der Waals surface area contributed by atoms with Crippen LogP contribution in [0.5, 0.6) is 11.5 Å². The SMILES string of the molecule is COCC(=O)N1C(C(C)C)=C(c2ccc(OC)c(OC)c2)N(CC(=O)NC(Cc2ccccc2)C(=O)C(F)(F)F)C(=O)C1(C(=O)COC)C(C)C. The molecule has 3 rings (SSSR count). The lowest BCUT2D eigenvalue weighted by Crippen LogP contribution is -2.72. The monoisotopic (exact) mass is 719 g/mol. The molecule has 51 heavy (non-hydrogen) atoms. The Bertz CT molecular complexity index is 1640. The third kappa shape index (κ3) is 8.42. The van der Waals surface area contributed by atoms with Crippen molar-refractivity contribution >= 4 is 35.0 Å². The van der Waals surface area contributed by atoms with Crippen molar-refractivity contribution in [2.24, 2.45) is 11.8 Å². The van der Waals surface area contributed by atoms with Crippen molar-refractivity contribution in [3.8, 4) is 11.5 Å². The molecule has 15 heteroatoms. The van der Waals surface area contributed by atoms with Gasteiger partial charge in [0.15, 0.2) is 22.8 Å². The van der Waals surface area contributed by atoms with E-state index in [-0.39, 0.29) is 22.7 Å². The molecular weight excluding hydrogens is 675 g/mol. The van der Waals surface area contributed by atoms with Crippen LogP contribution in [0.2, 0.25) is 0 Å². The van der Waals surface area contributed by atoms with Gasteiger partial charge in [0, 0.05) is 31.9 Å². The zero-order chi connectivity index (χ0) is 38.3. The number of nitrogens with zero attached hydrogens (tertiary/aromatic N) is 2. The van der Waals surface area contributed by atoms with Gasteiger partial charge in [0.1, 0.15) is 25.8 Å². The fraction of sp³-hybridized carbons (Fsp3) is 0.472. The van der Waals surface area contributed by atoms with Gasteiger partial charge in [0.25, 0.3) is 17.6 Å². The first-order valence-corrected chi connectivity index (χ1v) is 16.1. The average molecular weight is 720 g/mol. The van der Waals surface area contributed by atoms with Gasteiger partial charge in [-0.05, 0) is 35.6 Å². The van der Waals surface area contributed by atoms with Crippen molar-refractivity contribution < 1.29 is 56.1 Å². The number of carbonyl (C=O) groups excluding carboxylic acids is 5. The highest BCUT2D eigenvalue weighted by molar-refractivity contribution is 6.18. The molecule has 0 bridgehead atoms. The van der Waals surface area contributed by atoms with Gasteiger partial charge >= 0.3 is 6.18 Å². The first kappa shape index (κ1) is 40.7. The number of ketones is 2. The van der Waals surface area contributed by atoms with Crippen LogP contribution in [0.4, 0.5) is 13.2 Å². The van der Waals surface area contributed by atoms with E-state index >= 15 is 4.79 Å². The summed E-state index contributed by atoms with van der Waals surface area (Å²) in [5, 5.41) is 2.18. The maximum absolute atomic E-state index is 15.1. The number of halogens is 3. The number of hydrogen-bond donors (Lipinski definition) is 1. The Balaban J connectivity index is 2.37. The van der Waals surface area contributed by atoms with Crippen LogP contribution in [-0.2, 0) is 39.9 Å². The van der Waals surface area contributed by atoms with Crippen LogP contribution in [-0.4, -0.2) is 105 Å². The quantitative estimate of drug-likeness (QED) is 0.257. The first-order valence-electron chi connectivity index (χ1n) is 16.1. The van der Waals surface area contributed by atoms with Crippen LogP contribution < -0.4 is 14.8 Å². The van der Waals surface area contributed by atoms with Gasteiger partial charge < -0.3 is 24.3 Å². The minimum atomic E-state index is -5.29. The smallest absolute Gasteiger partial charge is 0.452 e. The summed E-state index contributed by atoms with van der Waals surface area (Å²) in [6, 6.07) is 10.3. The Morgan fingerprint density at radius 3 is 1.98 bits per heavy atom. The Kier molecular flexibility index (Phi) is 13.5. The Labute approximate surface area is 294 Å². The van der Waals surface area contributed by atoms with Crippen LogP contribution in [0.15, 0.2) is 54.2 Å². The van der Waals surface area contributed by atoms with Gasteiger partial charge in [-0.25, -0.2) is 0 Å². The molecule has 0 saturated heterocycles. The number of ether oxygens (including phenoxy) is 4. The molecule has 278 valence electrons. The average Bonchev–Trinajstić information content (AvgIpc) is 3.07. The van der Waals surface area contributed by atoms with E-state index in [4.69, 9.17) is 18.9 Å². The molecule has 0 radical (unpaired) electrons. The lowest BCUT2D eigenvalue weighted by atomic mass is 9.75. The van der Waals surface area contributed by atoms with E-state index in [1.54, 1.807) is 52.0 Å². The summed E-state index contributed by atoms with van der Waals surface area (Å²) < 4.78 is 62.5. The minimum Gasteiger partial charge on any atom is -0.493 e. The topological polar surface area (TPSA) is 141 Å². The van der Waals surface area contributed by atoms with Gasteiger partial charge in [0.05, 0.1) is 19.9 Å². The number of nitrogens with one attached hydrogen (secondary N) is 1. The molecule has 0 aliphatic carbocycles. The van der Waals surface area contributed by atoms with E-state index in [9.17, 15) is 32.3 Å². The second-order valence-electron chi connectivity index (χ2n) is 12.5. The third-order valence-corrected chi connectivity index (χ3v) is 8.45. The van der Waals surface area contributed by atoms with E-state index in [0.717, 1.165) is 9.80 Å². The van der Waals surface area contributed by atoms with E-state index in [1.165, 1.54) is 52.7 Å². The summed E-state index contributed by atoms with van der Waals surface area (Å²) in [5.74, 6) is -6.89. The Morgan fingerprint density at radius 1 is 0.863 bits per heavy atom. The van der Waals surface area contributed by atoms with Gasteiger partial charge in [-0.3, -0.25) is 33.8 Å². The molecule has 12 nitrogen and oxygen atoms in total. The lowest BCUT2D eigenvalue weighted by Gasteiger charge is -2.52. The number of carbonyl (C=O) groups is 5. The highest BCUT2D eigenvalue weighted by Crippen LogP contribution is 2.45. The van der Waals surface area contributed by atoms with E-state index < -0.39 is 85.1 Å². The Hall–Kier alpha value is -4.76. The molecule has 2 aromatic rings. The highest BCUT2D eigenvalue weighted by atomic mass is 19.4. The van der Waals surface area contributed by atoms with Crippen molar-refractivity contribution in [2.45, 2.75) is 51.9 Å². The summed E-state index contributed by atoms with van der Waals surface area (Å²) in [6.45, 7) is 4.45. The van der Waals surface area contributed by atoms with E-state index in [2.05, 4.69) is 5.32 Å². The molecule has 0 fully saturated rings.